The van der Waals surface area contributed by atoms with Gasteiger partial charge < -0.3 is 19.8 Å². The number of nitrogens with one attached hydrogen (secondary N) is 2. The molecule has 1 aromatic heterocycles. The highest BCUT2D eigenvalue weighted by Crippen LogP contribution is 2.32. The first kappa shape index (κ1) is 19.9. The van der Waals surface area contributed by atoms with Gasteiger partial charge in [0.1, 0.15) is 11.6 Å². The van der Waals surface area contributed by atoms with E-state index >= 15 is 0 Å². The first-order chi connectivity index (χ1) is 15.0. The van der Waals surface area contributed by atoms with E-state index in [-0.39, 0.29) is 17.0 Å². The number of nitrogens with zero attached hydrogens (tertiary/aromatic N) is 2. The molecule has 3 aromatic carbocycles. The number of ether oxygens (including phenoxy) is 2. The van der Waals surface area contributed by atoms with Crippen molar-refractivity contribution in [3.8, 4) is 22.9 Å². The van der Waals surface area contributed by atoms with Crippen LogP contribution < -0.4 is 14.8 Å². The molecule has 1 amide bonds. The third-order valence-electron chi connectivity index (χ3n) is 4.75. The number of aromatic nitrogens is 2. The van der Waals surface area contributed by atoms with Crippen LogP contribution in [-0.2, 0) is 0 Å². The summed E-state index contributed by atoms with van der Waals surface area (Å²) in [6.07, 6.45) is 0. The van der Waals surface area contributed by atoms with Crippen LogP contribution in [0.1, 0.15) is 10.4 Å². The molecule has 0 saturated heterocycles. The number of anilines is 1. The number of fused-ring (bicyclic) bond motifs is 1. The van der Waals surface area contributed by atoms with E-state index in [9.17, 15) is 14.9 Å². The normalized spacial score (nSPS) is 10.6. The molecule has 0 spiro atoms. The minimum atomic E-state index is -0.599. The maximum Gasteiger partial charge on any atom is 0.311 e. The molecular weight excluding hydrogens is 400 g/mol. The van der Waals surface area contributed by atoms with Crippen LogP contribution in [0.5, 0.6) is 11.5 Å². The number of aromatic amines is 1. The highest BCUT2D eigenvalue weighted by atomic mass is 16.6. The van der Waals surface area contributed by atoms with Gasteiger partial charge in [-0.15, -0.1) is 0 Å². The number of para-hydroxylation sites is 2. The topological polar surface area (TPSA) is 119 Å². The molecule has 0 atom stereocenters. The monoisotopic (exact) mass is 418 g/mol. The smallest absolute Gasteiger partial charge is 0.311 e. The minimum absolute atomic E-state index is 0.0750. The van der Waals surface area contributed by atoms with Crippen LogP contribution >= 0.6 is 0 Å². The molecule has 0 aliphatic rings. The summed E-state index contributed by atoms with van der Waals surface area (Å²) in [5.74, 6) is 0.632. The second-order valence-electron chi connectivity index (χ2n) is 6.62. The molecule has 4 rings (SSSR count). The van der Waals surface area contributed by atoms with Gasteiger partial charge in [0.05, 0.1) is 35.9 Å². The lowest BCUT2D eigenvalue weighted by Gasteiger charge is -2.12. The zero-order chi connectivity index (χ0) is 22.0. The van der Waals surface area contributed by atoms with Gasteiger partial charge in [-0.2, -0.15) is 0 Å². The van der Waals surface area contributed by atoms with Crippen molar-refractivity contribution < 1.29 is 19.2 Å². The lowest BCUT2D eigenvalue weighted by molar-refractivity contribution is -0.385. The fraction of sp³-hybridized carbons (Fsp3) is 0.0909. The average molecular weight is 418 g/mol. The molecule has 156 valence electrons. The Balaban J connectivity index is 1.67. The summed E-state index contributed by atoms with van der Waals surface area (Å²) >= 11 is 0. The third kappa shape index (κ3) is 3.88. The number of methoxy groups -OCH3 is 2. The molecule has 31 heavy (non-hydrogen) atoms. The number of carbonyl (C=O) groups is 1. The van der Waals surface area contributed by atoms with Gasteiger partial charge in [0, 0.05) is 17.2 Å². The number of H-pyrrole nitrogens is 1. The van der Waals surface area contributed by atoms with Gasteiger partial charge in [0.25, 0.3) is 5.91 Å². The highest BCUT2D eigenvalue weighted by Gasteiger charge is 2.19. The summed E-state index contributed by atoms with van der Waals surface area (Å²) in [6, 6.07) is 16.9. The van der Waals surface area contributed by atoms with Crippen molar-refractivity contribution in [2.75, 3.05) is 19.5 Å². The highest BCUT2D eigenvalue weighted by molar-refractivity contribution is 6.06. The quantitative estimate of drug-likeness (QED) is 0.354. The standard InChI is InChI=1S/C22H18N4O5/c1-30-19-9-7-13(21-23-15-5-3-4-6-16(15)24-21)11-17(19)25-22(27)14-8-10-20(31-2)18(12-14)26(28)29/h3-12H,1-2H3,(H,23,24)(H,25,27). The maximum atomic E-state index is 12.8. The second kappa shape index (κ2) is 8.15. The van der Waals surface area contributed by atoms with Crippen LogP contribution in [-0.4, -0.2) is 35.0 Å². The van der Waals surface area contributed by atoms with E-state index in [0.29, 0.717) is 17.3 Å². The lowest BCUT2D eigenvalue weighted by atomic mass is 10.1. The summed E-state index contributed by atoms with van der Waals surface area (Å²) in [6.45, 7) is 0. The Bertz CT molecular complexity index is 1270. The molecule has 9 nitrogen and oxygen atoms in total. The molecule has 9 heteroatoms. The van der Waals surface area contributed by atoms with Gasteiger partial charge >= 0.3 is 5.69 Å². The van der Waals surface area contributed by atoms with Gasteiger partial charge in [-0.25, -0.2) is 4.98 Å². The lowest BCUT2D eigenvalue weighted by Crippen LogP contribution is -2.13. The fourth-order valence-corrected chi connectivity index (χ4v) is 3.21. The van der Waals surface area contributed by atoms with Gasteiger partial charge in [0.15, 0.2) is 5.75 Å². The van der Waals surface area contributed by atoms with Crippen molar-refractivity contribution >= 4 is 28.3 Å². The van der Waals surface area contributed by atoms with Crippen LogP contribution in [0.2, 0.25) is 0 Å². The van der Waals surface area contributed by atoms with E-state index in [4.69, 9.17) is 9.47 Å². The van der Waals surface area contributed by atoms with E-state index in [1.165, 1.54) is 32.4 Å². The molecule has 0 aliphatic carbocycles. The number of nitro benzene ring substituents is 1. The molecular formula is C22H18N4O5. The third-order valence-corrected chi connectivity index (χ3v) is 4.75. The van der Waals surface area contributed by atoms with Crippen molar-refractivity contribution in [3.63, 3.8) is 0 Å². The number of hydrogen-bond acceptors (Lipinski definition) is 6. The summed E-state index contributed by atoms with van der Waals surface area (Å²) in [5.41, 5.74) is 2.69. The number of carbonyl (C=O) groups excluding carboxylic acids is 1. The molecule has 0 saturated carbocycles. The van der Waals surface area contributed by atoms with Crippen LogP contribution in [0, 0.1) is 10.1 Å². The molecule has 0 aliphatic heterocycles. The fourth-order valence-electron chi connectivity index (χ4n) is 3.21. The Labute approximate surface area is 176 Å². The molecule has 0 unspecified atom stereocenters. The summed E-state index contributed by atoms with van der Waals surface area (Å²) in [4.78, 5) is 31.3. The average Bonchev–Trinajstić information content (AvgIpc) is 3.22. The van der Waals surface area contributed by atoms with Crippen LogP contribution in [0.25, 0.3) is 22.4 Å². The van der Waals surface area contributed by atoms with Gasteiger partial charge in [-0.05, 0) is 42.5 Å². The van der Waals surface area contributed by atoms with Gasteiger partial charge in [-0.1, -0.05) is 12.1 Å². The molecule has 4 aromatic rings. The van der Waals surface area contributed by atoms with Crippen LogP contribution in [0.3, 0.4) is 0 Å². The summed E-state index contributed by atoms with van der Waals surface area (Å²) < 4.78 is 10.3. The second-order valence-corrected chi connectivity index (χ2v) is 6.62. The molecule has 1 heterocycles. The molecule has 0 fully saturated rings. The molecule has 2 N–H and O–H groups in total. The van der Waals surface area contributed by atoms with E-state index < -0.39 is 10.8 Å². The largest absolute Gasteiger partial charge is 0.495 e. The first-order valence-electron chi connectivity index (χ1n) is 9.27. The van der Waals surface area contributed by atoms with E-state index in [1.807, 2.05) is 30.3 Å². The predicted molar refractivity (Wildman–Crippen MR) is 116 cm³/mol. The van der Waals surface area contributed by atoms with Crippen LogP contribution in [0.15, 0.2) is 60.7 Å². The van der Waals surface area contributed by atoms with E-state index in [1.54, 1.807) is 12.1 Å². The number of benzene rings is 3. The summed E-state index contributed by atoms with van der Waals surface area (Å²) in [7, 11) is 2.82. The SMILES string of the molecule is COc1ccc(-c2nc3ccccc3[nH]2)cc1NC(=O)c1ccc(OC)c([N+](=O)[O-])c1. The Hall–Kier alpha value is -4.40. The van der Waals surface area contributed by atoms with Crippen LogP contribution in [0.4, 0.5) is 11.4 Å². The number of rotatable bonds is 6. The first-order valence-corrected chi connectivity index (χ1v) is 9.27. The van der Waals surface area contributed by atoms with Crippen molar-refractivity contribution in [1.29, 1.82) is 0 Å². The number of imidazole rings is 1. The Kier molecular flexibility index (Phi) is 5.23. The zero-order valence-electron chi connectivity index (χ0n) is 16.7. The molecule has 0 radical (unpaired) electrons. The van der Waals surface area contributed by atoms with Crippen molar-refractivity contribution in [1.82, 2.24) is 9.97 Å². The Morgan fingerprint density at radius 1 is 1.03 bits per heavy atom. The Morgan fingerprint density at radius 2 is 1.77 bits per heavy atom. The maximum absolute atomic E-state index is 12.8. The number of hydrogen-bond donors (Lipinski definition) is 2. The van der Waals surface area contributed by atoms with Gasteiger partial charge in [0.2, 0.25) is 0 Å². The number of amides is 1. The summed E-state index contributed by atoms with van der Waals surface area (Å²) in [5, 5.41) is 14.0. The molecule has 0 bridgehead atoms. The van der Waals surface area contributed by atoms with E-state index in [0.717, 1.165) is 16.6 Å². The van der Waals surface area contributed by atoms with Gasteiger partial charge in [-0.3, -0.25) is 14.9 Å². The number of nitro groups is 1. The predicted octanol–water partition coefficient (Wildman–Crippen LogP) is 4.41. The van der Waals surface area contributed by atoms with Crippen molar-refractivity contribution in [2.24, 2.45) is 0 Å². The van der Waals surface area contributed by atoms with E-state index in [2.05, 4.69) is 15.3 Å². The van der Waals surface area contributed by atoms with Crippen molar-refractivity contribution in [2.45, 2.75) is 0 Å². The minimum Gasteiger partial charge on any atom is -0.495 e. The van der Waals surface area contributed by atoms with Crippen molar-refractivity contribution in [3.05, 3.63) is 76.3 Å². The Morgan fingerprint density at radius 3 is 2.48 bits per heavy atom. The zero-order valence-corrected chi connectivity index (χ0v) is 16.7.